The van der Waals surface area contributed by atoms with Gasteiger partial charge in [0.1, 0.15) is 11.8 Å². The molecule has 120 valence electrons. The smallest absolute Gasteiger partial charge is 0.330 e. The van der Waals surface area contributed by atoms with E-state index in [1.807, 2.05) is 0 Å². The number of nitrogens with zero attached hydrogens (tertiary/aromatic N) is 4. The van der Waals surface area contributed by atoms with Gasteiger partial charge in [-0.1, -0.05) is 11.2 Å². The van der Waals surface area contributed by atoms with E-state index in [-0.39, 0.29) is 12.5 Å². The van der Waals surface area contributed by atoms with E-state index in [9.17, 15) is 9.59 Å². The second-order valence-electron chi connectivity index (χ2n) is 4.66. The molecule has 1 aliphatic heterocycles. The summed E-state index contributed by atoms with van der Waals surface area (Å²) < 4.78 is 9.88. The Balaban J connectivity index is 2.23. The molecular weight excluding hydrogens is 300 g/mol. The minimum absolute atomic E-state index is 0.259. The van der Waals surface area contributed by atoms with Crippen LogP contribution in [0.2, 0.25) is 0 Å². The molecule has 0 unspecified atom stereocenters. The van der Waals surface area contributed by atoms with Crippen molar-refractivity contribution >= 4 is 17.6 Å². The summed E-state index contributed by atoms with van der Waals surface area (Å²) in [5.41, 5.74) is 9.20. The highest BCUT2D eigenvalue weighted by atomic mass is 16.5. The van der Waals surface area contributed by atoms with Crippen LogP contribution < -0.4 is 9.64 Å². The Morgan fingerprint density at radius 3 is 2.70 bits per heavy atom. The lowest BCUT2D eigenvalue weighted by atomic mass is 9.94. The normalized spacial score (nSPS) is 19.9. The summed E-state index contributed by atoms with van der Waals surface area (Å²) in [5, 5.41) is 3.49. The van der Waals surface area contributed by atoms with Gasteiger partial charge in [0.25, 0.3) is 0 Å². The van der Waals surface area contributed by atoms with Crippen LogP contribution in [0.4, 0.5) is 5.69 Å². The van der Waals surface area contributed by atoms with Gasteiger partial charge in [0.15, 0.2) is 0 Å². The first-order chi connectivity index (χ1) is 11.1. The van der Waals surface area contributed by atoms with Crippen LogP contribution in [0.25, 0.3) is 10.4 Å². The maximum Gasteiger partial charge on any atom is 0.330 e. The molecule has 0 aliphatic carbocycles. The Labute approximate surface area is 132 Å². The van der Waals surface area contributed by atoms with Crippen LogP contribution in [-0.2, 0) is 14.3 Å². The summed E-state index contributed by atoms with van der Waals surface area (Å²) >= 11 is 0. The SMILES string of the molecule is CCOC(=O)/C=C/[C@@H]1[C@H](N=[N+]=[N-])C(=O)N1c1ccc(OC)cc1. The Kier molecular flexibility index (Phi) is 5.22. The lowest BCUT2D eigenvalue weighted by Crippen LogP contribution is -2.63. The highest BCUT2D eigenvalue weighted by molar-refractivity contribution is 6.06. The van der Waals surface area contributed by atoms with Crippen LogP contribution in [0.1, 0.15) is 6.92 Å². The van der Waals surface area contributed by atoms with Crippen molar-refractivity contribution in [2.45, 2.75) is 19.0 Å². The molecule has 1 amide bonds. The number of carbonyl (C=O) groups excluding carboxylic acids is 2. The first kappa shape index (κ1) is 16.4. The minimum Gasteiger partial charge on any atom is -0.497 e. The molecule has 0 saturated carbocycles. The van der Waals surface area contributed by atoms with Gasteiger partial charge in [-0.15, -0.1) is 0 Å². The molecule has 8 nitrogen and oxygen atoms in total. The second kappa shape index (κ2) is 7.33. The standard InChI is InChI=1S/C15H16N4O4/c1-3-23-13(20)9-8-12-14(17-18-16)15(21)19(12)10-4-6-11(22-2)7-5-10/h4-9,12,14H,3H2,1-2H3/b9-8+/t12-,14+/m1/s1. The minimum atomic E-state index is -0.868. The zero-order valence-corrected chi connectivity index (χ0v) is 12.7. The fourth-order valence-electron chi connectivity index (χ4n) is 2.27. The van der Waals surface area contributed by atoms with Crippen LogP contribution in [0.3, 0.4) is 0 Å². The van der Waals surface area contributed by atoms with E-state index in [1.165, 1.54) is 17.1 Å². The molecule has 8 heteroatoms. The molecule has 0 aromatic heterocycles. The summed E-state index contributed by atoms with van der Waals surface area (Å²) in [4.78, 5) is 27.7. The molecule has 1 fully saturated rings. The summed E-state index contributed by atoms with van der Waals surface area (Å²) in [7, 11) is 1.55. The van der Waals surface area contributed by atoms with Crippen LogP contribution in [-0.4, -0.2) is 37.7 Å². The van der Waals surface area contributed by atoms with E-state index in [1.54, 1.807) is 38.3 Å². The highest BCUT2D eigenvalue weighted by Gasteiger charge is 2.46. The monoisotopic (exact) mass is 316 g/mol. The number of hydrogen-bond acceptors (Lipinski definition) is 5. The quantitative estimate of drug-likeness (QED) is 0.200. The molecule has 23 heavy (non-hydrogen) atoms. The molecular formula is C15H16N4O4. The van der Waals surface area contributed by atoms with Crippen LogP contribution >= 0.6 is 0 Å². The zero-order chi connectivity index (χ0) is 16.8. The van der Waals surface area contributed by atoms with E-state index in [0.29, 0.717) is 11.4 Å². The maximum atomic E-state index is 12.2. The largest absolute Gasteiger partial charge is 0.497 e. The lowest BCUT2D eigenvalue weighted by molar-refractivity contribution is -0.137. The Morgan fingerprint density at radius 2 is 2.13 bits per heavy atom. The summed E-state index contributed by atoms with van der Waals surface area (Å²) in [5.74, 6) is -0.181. The van der Waals surface area contributed by atoms with E-state index >= 15 is 0 Å². The van der Waals surface area contributed by atoms with Crippen molar-refractivity contribution in [1.29, 1.82) is 0 Å². The fraction of sp³-hybridized carbons (Fsp3) is 0.333. The van der Waals surface area contributed by atoms with E-state index in [4.69, 9.17) is 15.0 Å². The van der Waals surface area contributed by atoms with Gasteiger partial charge in [-0.2, -0.15) is 0 Å². The number of anilines is 1. The number of azide groups is 1. The van der Waals surface area contributed by atoms with Crippen LogP contribution in [0, 0.1) is 0 Å². The third-order valence-electron chi connectivity index (χ3n) is 3.35. The number of hydrogen-bond donors (Lipinski definition) is 0. The average Bonchev–Trinajstić information content (AvgIpc) is 2.56. The first-order valence-corrected chi connectivity index (χ1v) is 6.98. The number of rotatable bonds is 6. The van der Waals surface area contributed by atoms with Crippen molar-refractivity contribution in [2.24, 2.45) is 5.11 Å². The van der Waals surface area contributed by atoms with Gasteiger partial charge in [-0.25, -0.2) is 4.79 Å². The van der Waals surface area contributed by atoms with E-state index in [2.05, 4.69) is 10.0 Å². The summed E-state index contributed by atoms with van der Waals surface area (Å²) in [6.07, 6.45) is 2.74. The topological polar surface area (TPSA) is 105 Å². The number of benzene rings is 1. The molecule has 0 N–H and O–H groups in total. The number of esters is 1. The van der Waals surface area contributed by atoms with Gasteiger partial charge in [-0.3, -0.25) is 4.79 Å². The van der Waals surface area contributed by atoms with Gasteiger partial charge >= 0.3 is 5.97 Å². The molecule has 1 saturated heterocycles. The van der Waals surface area contributed by atoms with E-state index < -0.39 is 18.1 Å². The lowest BCUT2D eigenvalue weighted by Gasteiger charge is -2.43. The predicted octanol–water partition coefficient (Wildman–Crippen LogP) is 2.21. The fourth-order valence-corrected chi connectivity index (χ4v) is 2.27. The number of methoxy groups -OCH3 is 1. The Hall–Kier alpha value is -2.99. The maximum absolute atomic E-state index is 12.2. The van der Waals surface area contributed by atoms with E-state index in [0.717, 1.165) is 0 Å². The molecule has 2 rings (SSSR count). The molecule has 0 bridgehead atoms. The van der Waals surface area contributed by atoms with Crippen molar-refractivity contribution in [3.8, 4) is 5.75 Å². The van der Waals surface area contributed by atoms with Crippen molar-refractivity contribution in [2.75, 3.05) is 18.6 Å². The molecule has 0 radical (unpaired) electrons. The van der Waals surface area contributed by atoms with Crippen LogP contribution in [0.5, 0.6) is 5.75 Å². The highest BCUT2D eigenvalue weighted by Crippen LogP contribution is 2.32. The zero-order valence-electron chi connectivity index (χ0n) is 12.7. The molecule has 1 aromatic carbocycles. The predicted molar refractivity (Wildman–Crippen MR) is 83.0 cm³/mol. The van der Waals surface area contributed by atoms with Crippen molar-refractivity contribution in [3.63, 3.8) is 0 Å². The van der Waals surface area contributed by atoms with Crippen molar-refractivity contribution in [1.82, 2.24) is 0 Å². The number of amides is 1. The van der Waals surface area contributed by atoms with Gasteiger partial charge < -0.3 is 14.4 Å². The summed E-state index contributed by atoms with van der Waals surface area (Å²) in [6, 6.07) is 5.47. The number of ether oxygens (including phenoxy) is 2. The third kappa shape index (κ3) is 3.44. The first-order valence-electron chi connectivity index (χ1n) is 6.98. The Morgan fingerprint density at radius 1 is 1.43 bits per heavy atom. The molecule has 2 atom stereocenters. The molecule has 0 spiro atoms. The number of carbonyl (C=O) groups is 2. The van der Waals surface area contributed by atoms with Gasteiger partial charge in [-0.05, 0) is 36.7 Å². The van der Waals surface area contributed by atoms with Crippen LogP contribution in [0.15, 0.2) is 41.5 Å². The molecule has 1 heterocycles. The number of β-lactam (4-membered cyclic amide) rings is 1. The molecule has 1 aliphatic rings. The van der Waals surface area contributed by atoms with Crippen molar-refractivity contribution in [3.05, 3.63) is 46.9 Å². The van der Waals surface area contributed by atoms with Crippen molar-refractivity contribution < 1.29 is 19.1 Å². The van der Waals surface area contributed by atoms with Gasteiger partial charge in [0, 0.05) is 16.7 Å². The Bertz CT molecular complexity index is 665. The summed E-state index contributed by atoms with van der Waals surface area (Å²) in [6.45, 7) is 1.96. The van der Waals surface area contributed by atoms with Gasteiger partial charge in [0.2, 0.25) is 5.91 Å². The van der Waals surface area contributed by atoms with Gasteiger partial charge in [0.05, 0.1) is 19.8 Å². The molecule has 1 aromatic rings. The second-order valence-corrected chi connectivity index (χ2v) is 4.66. The average molecular weight is 316 g/mol. The third-order valence-corrected chi connectivity index (χ3v) is 3.35.